The SMILES string of the molecule is O=C(CC(CC(=O)c1ccc(Cl)cc1)c1ccccc1Cl)c1ccc(Cl)cc1. The van der Waals surface area contributed by atoms with Crippen molar-refractivity contribution >= 4 is 46.4 Å². The fourth-order valence-corrected chi connectivity index (χ4v) is 3.60. The molecule has 28 heavy (non-hydrogen) atoms. The molecule has 0 N–H and O–H groups in total. The highest BCUT2D eigenvalue weighted by Crippen LogP contribution is 2.32. The van der Waals surface area contributed by atoms with E-state index in [2.05, 4.69) is 0 Å². The number of hydrogen-bond acceptors (Lipinski definition) is 2. The molecule has 0 unspecified atom stereocenters. The summed E-state index contributed by atoms with van der Waals surface area (Å²) in [4.78, 5) is 25.6. The molecule has 0 saturated carbocycles. The summed E-state index contributed by atoms with van der Waals surface area (Å²) in [6.45, 7) is 0. The Morgan fingerprint density at radius 1 is 0.643 bits per heavy atom. The molecule has 0 saturated heterocycles. The van der Waals surface area contributed by atoms with Crippen LogP contribution in [0.25, 0.3) is 0 Å². The quantitative estimate of drug-likeness (QED) is 0.368. The summed E-state index contributed by atoms with van der Waals surface area (Å²) in [5, 5.41) is 1.68. The Balaban J connectivity index is 1.86. The third-order valence-electron chi connectivity index (χ3n) is 4.54. The molecule has 5 heteroatoms. The van der Waals surface area contributed by atoms with Crippen molar-refractivity contribution in [2.75, 3.05) is 0 Å². The van der Waals surface area contributed by atoms with Gasteiger partial charge in [0.15, 0.2) is 11.6 Å². The van der Waals surface area contributed by atoms with E-state index in [-0.39, 0.29) is 30.3 Å². The minimum absolute atomic E-state index is 0.0644. The Bertz CT molecular complexity index is 920. The van der Waals surface area contributed by atoms with Gasteiger partial charge < -0.3 is 0 Å². The van der Waals surface area contributed by atoms with Gasteiger partial charge >= 0.3 is 0 Å². The molecular formula is C23H17Cl3O2. The lowest BCUT2D eigenvalue weighted by atomic mass is 9.86. The number of halogens is 3. The van der Waals surface area contributed by atoms with Gasteiger partial charge in [-0.05, 0) is 66.1 Å². The Morgan fingerprint density at radius 2 is 1.07 bits per heavy atom. The summed E-state index contributed by atoms with van der Waals surface area (Å²) in [7, 11) is 0. The highest BCUT2D eigenvalue weighted by molar-refractivity contribution is 6.31. The van der Waals surface area contributed by atoms with E-state index >= 15 is 0 Å². The number of Topliss-reactive ketones (excluding diaryl/α,β-unsaturated/α-hetero) is 2. The zero-order valence-electron chi connectivity index (χ0n) is 14.9. The fourth-order valence-electron chi connectivity index (χ4n) is 3.05. The van der Waals surface area contributed by atoms with Crippen LogP contribution in [0.2, 0.25) is 15.1 Å². The topological polar surface area (TPSA) is 34.1 Å². The maximum absolute atomic E-state index is 12.8. The van der Waals surface area contributed by atoms with Crippen LogP contribution in [0.5, 0.6) is 0 Å². The average Bonchev–Trinajstić information content (AvgIpc) is 2.69. The molecule has 0 radical (unpaired) electrons. The van der Waals surface area contributed by atoms with Gasteiger partial charge in [0.25, 0.3) is 0 Å². The first-order valence-corrected chi connectivity index (χ1v) is 9.89. The van der Waals surface area contributed by atoms with E-state index in [4.69, 9.17) is 34.8 Å². The first-order chi connectivity index (χ1) is 13.4. The van der Waals surface area contributed by atoms with Crippen LogP contribution in [0.3, 0.4) is 0 Å². The number of hydrogen-bond donors (Lipinski definition) is 0. The van der Waals surface area contributed by atoms with Crippen molar-refractivity contribution in [3.05, 3.63) is 105 Å². The minimum atomic E-state index is -0.333. The van der Waals surface area contributed by atoms with Crippen molar-refractivity contribution < 1.29 is 9.59 Å². The van der Waals surface area contributed by atoms with Crippen LogP contribution in [-0.4, -0.2) is 11.6 Å². The zero-order valence-corrected chi connectivity index (χ0v) is 17.1. The monoisotopic (exact) mass is 430 g/mol. The maximum atomic E-state index is 12.8. The molecule has 0 aliphatic carbocycles. The van der Waals surface area contributed by atoms with Crippen LogP contribution in [0.1, 0.15) is 45.0 Å². The van der Waals surface area contributed by atoms with Gasteiger partial charge in [0.1, 0.15) is 0 Å². The molecule has 0 amide bonds. The number of carbonyl (C=O) groups excluding carboxylic acids is 2. The van der Waals surface area contributed by atoms with Gasteiger partial charge in [-0.2, -0.15) is 0 Å². The zero-order chi connectivity index (χ0) is 20.1. The first-order valence-electron chi connectivity index (χ1n) is 8.76. The van der Waals surface area contributed by atoms with Gasteiger partial charge in [-0.15, -0.1) is 0 Å². The smallest absolute Gasteiger partial charge is 0.163 e. The van der Waals surface area contributed by atoms with Crippen LogP contribution in [-0.2, 0) is 0 Å². The summed E-state index contributed by atoms with van der Waals surface area (Å²) in [5.74, 6) is -0.462. The Kier molecular flexibility index (Phi) is 6.90. The summed E-state index contributed by atoms with van der Waals surface area (Å²) < 4.78 is 0. The molecule has 2 nitrogen and oxygen atoms in total. The van der Waals surface area contributed by atoms with E-state index in [1.54, 1.807) is 54.6 Å². The van der Waals surface area contributed by atoms with Crippen LogP contribution in [0.15, 0.2) is 72.8 Å². The van der Waals surface area contributed by atoms with Crippen LogP contribution >= 0.6 is 34.8 Å². The highest BCUT2D eigenvalue weighted by Gasteiger charge is 2.23. The molecule has 0 bridgehead atoms. The van der Waals surface area contributed by atoms with Crippen molar-refractivity contribution in [3.8, 4) is 0 Å². The largest absolute Gasteiger partial charge is 0.294 e. The molecule has 3 aromatic rings. The standard InChI is InChI=1S/C23H17Cl3O2/c24-18-9-5-15(6-10-18)22(27)13-17(20-3-1-2-4-21(20)26)14-23(28)16-7-11-19(25)12-8-16/h1-12,17H,13-14H2. The molecule has 0 aliphatic heterocycles. The molecular weight excluding hydrogens is 415 g/mol. The molecule has 0 aliphatic rings. The Labute approximate surface area is 179 Å². The third-order valence-corrected chi connectivity index (χ3v) is 5.39. The van der Waals surface area contributed by atoms with E-state index in [0.29, 0.717) is 26.2 Å². The molecule has 0 heterocycles. The lowest BCUT2D eigenvalue weighted by molar-refractivity contribution is 0.0944. The highest BCUT2D eigenvalue weighted by atomic mass is 35.5. The number of rotatable bonds is 7. The molecule has 0 aromatic heterocycles. The van der Waals surface area contributed by atoms with Gasteiger partial charge in [-0.25, -0.2) is 0 Å². The van der Waals surface area contributed by atoms with Gasteiger partial charge in [0.2, 0.25) is 0 Å². The average molecular weight is 432 g/mol. The summed E-state index contributed by atoms with van der Waals surface area (Å²) in [6.07, 6.45) is 0.343. The summed E-state index contributed by atoms with van der Waals surface area (Å²) >= 11 is 18.2. The number of benzene rings is 3. The van der Waals surface area contributed by atoms with E-state index < -0.39 is 0 Å². The van der Waals surface area contributed by atoms with Crippen LogP contribution in [0, 0.1) is 0 Å². The minimum Gasteiger partial charge on any atom is -0.294 e. The van der Waals surface area contributed by atoms with Crippen molar-refractivity contribution in [3.63, 3.8) is 0 Å². The van der Waals surface area contributed by atoms with Crippen molar-refractivity contribution in [2.45, 2.75) is 18.8 Å². The van der Waals surface area contributed by atoms with Gasteiger partial charge in [-0.3, -0.25) is 9.59 Å². The van der Waals surface area contributed by atoms with E-state index in [1.807, 2.05) is 18.2 Å². The lowest BCUT2D eigenvalue weighted by Gasteiger charge is -2.18. The Hall–Kier alpha value is -2.13. The van der Waals surface area contributed by atoms with Crippen LogP contribution < -0.4 is 0 Å². The summed E-state index contributed by atoms with van der Waals surface area (Å²) in [5.41, 5.74) is 1.90. The van der Waals surface area contributed by atoms with E-state index in [1.165, 1.54) is 0 Å². The predicted molar refractivity (Wildman–Crippen MR) is 115 cm³/mol. The number of ketones is 2. The number of carbonyl (C=O) groups is 2. The second-order valence-corrected chi connectivity index (χ2v) is 7.77. The predicted octanol–water partition coefficient (Wildman–Crippen LogP) is 7.28. The molecule has 0 atom stereocenters. The van der Waals surface area contributed by atoms with Gasteiger partial charge in [0, 0.05) is 39.0 Å². The summed E-state index contributed by atoms with van der Waals surface area (Å²) in [6, 6.07) is 20.8. The van der Waals surface area contributed by atoms with Gasteiger partial charge in [-0.1, -0.05) is 53.0 Å². The molecule has 0 fully saturated rings. The molecule has 3 aromatic carbocycles. The second-order valence-electron chi connectivity index (χ2n) is 6.49. The normalized spacial score (nSPS) is 10.9. The molecule has 0 spiro atoms. The van der Waals surface area contributed by atoms with Crippen molar-refractivity contribution in [1.29, 1.82) is 0 Å². The fraction of sp³-hybridized carbons (Fsp3) is 0.130. The van der Waals surface area contributed by atoms with Gasteiger partial charge in [0.05, 0.1) is 0 Å². The Morgan fingerprint density at radius 3 is 1.50 bits per heavy atom. The first kappa shape index (κ1) is 20.6. The maximum Gasteiger partial charge on any atom is 0.163 e. The second kappa shape index (κ2) is 9.38. The van der Waals surface area contributed by atoms with Crippen molar-refractivity contribution in [2.24, 2.45) is 0 Å². The third kappa shape index (κ3) is 5.23. The van der Waals surface area contributed by atoms with E-state index in [9.17, 15) is 9.59 Å². The van der Waals surface area contributed by atoms with Crippen molar-refractivity contribution in [1.82, 2.24) is 0 Å². The molecule has 142 valence electrons. The van der Waals surface area contributed by atoms with E-state index in [0.717, 1.165) is 5.56 Å². The molecule has 3 rings (SSSR count). The van der Waals surface area contributed by atoms with Crippen LogP contribution in [0.4, 0.5) is 0 Å². The lowest BCUT2D eigenvalue weighted by Crippen LogP contribution is -2.13.